The molecule has 0 bridgehead atoms. The number of likely N-dealkylation sites (tertiary alicyclic amines) is 1. The summed E-state index contributed by atoms with van der Waals surface area (Å²) >= 11 is 0. The minimum atomic E-state index is -0.327. The fraction of sp³-hybridized carbons (Fsp3) is 0.438. The molecule has 1 atom stereocenters. The van der Waals surface area contributed by atoms with Gasteiger partial charge in [0.05, 0.1) is 0 Å². The van der Waals surface area contributed by atoms with Gasteiger partial charge < -0.3 is 10.4 Å². The summed E-state index contributed by atoms with van der Waals surface area (Å²) in [7, 11) is 0. The van der Waals surface area contributed by atoms with E-state index >= 15 is 0 Å². The van der Waals surface area contributed by atoms with Crippen LogP contribution in [0.1, 0.15) is 24.5 Å². The second-order valence-electron chi connectivity index (χ2n) is 5.23. The Hall–Kier alpha value is -1.90. The molecule has 5 heteroatoms. The Kier molecular flexibility index (Phi) is 5.32. The van der Waals surface area contributed by atoms with Crippen molar-refractivity contribution >= 4 is 5.91 Å². The van der Waals surface area contributed by atoms with Crippen LogP contribution in [-0.4, -0.2) is 41.7 Å². The number of hydrogen-bond acceptors (Lipinski definition) is 3. The van der Waals surface area contributed by atoms with Crippen molar-refractivity contribution in [3.05, 3.63) is 35.1 Å². The average molecular weight is 290 g/mol. The first kappa shape index (κ1) is 15.5. The molecule has 2 N–H and O–H groups in total. The summed E-state index contributed by atoms with van der Waals surface area (Å²) in [6.45, 7) is 3.55. The summed E-state index contributed by atoms with van der Waals surface area (Å²) in [6, 6.07) is 4.86. The monoisotopic (exact) mass is 290 g/mol. The van der Waals surface area contributed by atoms with E-state index in [4.69, 9.17) is 5.11 Å². The van der Waals surface area contributed by atoms with Gasteiger partial charge in [0.2, 0.25) is 5.91 Å². The van der Waals surface area contributed by atoms with Crippen LogP contribution in [0, 0.1) is 17.7 Å². The summed E-state index contributed by atoms with van der Waals surface area (Å²) in [4.78, 5) is 13.2. The lowest BCUT2D eigenvalue weighted by atomic mass is 10.1. The fourth-order valence-electron chi connectivity index (χ4n) is 2.60. The number of carbonyl (C=O) groups excluding carboxylic acids is 1. The van der Waals surface area contributed by atoms with E-state index in [2.05, 4.69) is 22.1 Å². The molecule has 21 heavy (non-hydrogen) atoms. The third-order valence-electron chi connectivity index (χ3n) is 3.36. The van der Waals surface area contributed by atoms with Crippen LogP contribution in [0.3, 0.4) is 0 Å². The Morgan fingerprint density at radius 3 is 3.05 bits per heavy atom. The van der Waals surface area contributed by atoms with E-state index in [9.17, 15) is 9.18 Å². The maximum absolute atomic E-state index is 13.6. The quantitative estimate of drug-likeness (QED) is 0.813. The molecule has 4 nitrogen and oxygen atoms in total. The lowest BCUT2D eigenvalue weighted by Crippen LogP contribution is -2.35. The lowest BCUT2D eigenvalue weighted by molar-refractivity contribution is -0.119. The lowest BCUT2D eigenvalue weighted by Gasteiger charge is -2.16. The first-order valence-electron chi connectivity index (χ1n) is 6.95. The standard InChI is InChI=1S/C16H19FN2O2/c1-12(21)18-16-4-5-19(11-16)10-14-7-13(3-2-6-20)8-15(17)9-14/h7-9,16,20H,4-6,10-11H2,1H3,(H,18,21). The zero-order valence-corrected chi connectivity index (χ0v) is 12.0. The van der Waals surface area contributed by atoms with E-state index < -0.39 is 0 Å². The van der Waals surface area contributed by atoms with E-state index in [0.29, 0.717) is 12.1 Å². The van der Waals surface area contributed by atoms with Gasteiger partial charge in [0.1, 0.15) is 12.4 Å². The third kappa shape index (κ3) is 4.85. The highest BCUT2D eigenvalue weighted by molar-refractivity contribution is 5.73. The highest BCUT2D eigenvalue weighted by atomic mass is 19.1. The molecule has 1 heterocycles. The molecule has 1 fully saturated rings. The van der Waals surface area contributed by atoms with Crippen molar-refractivity contribution < 1.29 is 14.3 Å². The fourth-order valence-corrected chi connectivity index (χ4v) is 2.60. The van der Waals surface area contributed by atoms with E-state index in [1.807, 2.05) is 6.07 Å². The Morgan fingerprint density at radius 2 is 2.33 bits per heavy atom. The minimum absolute atomic E-state index is 0.0193. The number of halogens is 1. The second kappa shape index (κ2) is 7.21. The SMILES string of the molecule is CC(=O)NC1CCN(Cc2cc(F)cc(C#CCO)c2)C1. The van der Waals surface area contributed by atoms with Gasteiger partial charge in [0.15, 0.2) is 0 Å². The Morgan fingerprint density at radius 1 is 1.52 bits per heavy atom. The van der Waals surface area contributed by atoms with Gasteiger partial charge in [-0.1, -0.05) is 11.8 Å². The zero-order valence-electron chi connectivity index (χ0n) is 12.0. The van der Waals surface area contributed by atoms with Crippen molar-refractivity contribution in [3.8, 4) is 11.8 Å². The third-order valence-corrected chi connectivity index (χ3v) is 3.36. The first-order chi connectivity index (χ1) is 10.1. The summed E-state index contributed by atoms with van der Waals surface area (Å²) in [5.74, 6) is 4.89. The Bertz CT molecular complexity index is 577. The van der Waals surface area contributed by atoms with Gasteiger partial charge in [0.25, 0.3) is 0 Å². The van der Waals surface area contributed by atoms with Crippen molar-refractivity contribution in [2.24, 2.45) is 0 Å². The molecule has 1 aromatic carbocycles. The van der Waals surface area contributed by atoms with Crippen molar-refractivity contribution in [2.45, 2.75) is 25.9 Å². The maximum atomic E-state index is 13.6. The number of amides is 1. The van der Waals surface area contributed by atoms with Crippen molar-refractivity contribution in [1.29, 1.82) is 0 Å². The molecule has 1 aromatic rings. The largest absolute Gasteiger partial charge is 0.384 e. The number of aliphatic hydroxyl groups excluding tert-OH is 1. The van der Waals surface area contributed by atoms with Crippen LogP contribution in [0.15, 0.2) is 18.2 Å². The van der Waals surface area contributed by atoms with Crippen LogP contribution < -0.4 is 5.32 Å². The van der Waals surface area contributed by atoms with Gasteiger partial charge in [-0.15, -0.1) is 0 Å². The van der Waals surface area contributed by atoms with Crippen molar-refractivity contribution in [2.75, 3.05) is 19.7 Å². The number of benzene rings is 1. The molecular formula is C16H19FN2O2. The molecule has 0 saturated carbocycles. The summed E-state index contributed by atoms with van der Waals surface area (Å²) in [6.07, 6.45) is 0.909. The average Bonchev–Trinajstić information content (AvgIpc) is 2.82. The van der Waals surface area contributed by atoms with Crippen LogP contribution in [0.2, 0.25) is 0 Å². The molecule has 1 aliphatic heterocycles. The predicted molar refractivity (Wildman–Crippen MR) is 77.9 cm³/mol. The van der Waals surface area contributed by atoms with Gasteiger partial charge in [-0.05, 0) is 30.2 Å². The highest BCUT2D eigenvalue weighted by Crippen LogP contribution is 2.16. The summed E-state index contributed by atoms with van der Waals surface area (Å²) < 4.78 is 13.6. The number of carbonyl (C=O) groups is 1. The predicted octanol–water partition coefficient (Wildman–Crippen LogP) is 0.880. The first-order valence-corrected chi connectivity index (χ1v) is 6.95. The number of nitrogens with zero attached hydrogens (tertiary/aromatic N) is 1. The summed E-state index contributed by atoms with van der Waals surface area (Å²) in [5.41, 5.74) is 1.41. The molecule has 0 radical (unpaired) electrons. The van der Waals surface area contributed by atoms with Crippen molar-refractivity contribution in [3.63, 3.8) is 0 Å². The summed E-state index contributed by atoms with van der Waals surface area (Å²) in [5, 5.41) is 11.6. The molecular weight excluding hydrogens is 271 g/mol. The van der Waals surface area contributed by atoms with E-state index in [1.165, 1.54) is 19.1 Å². The molecule has 1 unspecified atom stereocenters. The number of nitrogens with one attached hydrogen (secondary N) is 1. The van der Waals surface area contributed by atoms with E-state index in [0.717, 1.165) is 25.1 Å². The molecule has 0 aliphatic carbocycles. The highest BCUT2D eigenvalue weighted by Gasteiger charge is 2.22. The van der Waals surface area contributed by atoms with E-state index in [-0.39, 0.29) is 24.4 Å². The van der Waals surface area contributed by atoms with Crippen molar-refractivity contribution in [1.82, 2.24) is 10.2 Å². The van der Waals surface area contributed by atoms with Crippen LogP contribution in [0.5, 0.6) is 0 Å². The Labute approximate surface area is 124 Å². The smallest absolute Gasteiger partial charge is 0.217 e. The van der Waals surface area contributed by atoms with Gasteiger partial charge in [-0.3, -0.25) is 9.69 Å². The molecule has 1 saturated heterocycles. The van der Waals surface area contributed by atoms with Crippen LogP contribution in [0.25, 0.3) is 0 Å². The zero-order chi connectivity index (χ0) is 15.2. The number of rotatable bonds is 3. The molecule has 1 aliphatic rings. The van der Waals surface area contributed by atoms with E-state index in [1.54, 1.807) is 0 Å². The second-order valence-corrected chi connectivity index (χ2v) is 5.23. The normalized spacial score (nSPS) is 18.1. The molecule has 1 amide bonds. The molecule has 0 spiro atoms. The topological polar surface area (TPSA) is 52.6 Å². The Balaban J connectivity index is 2.00. The molecule has 112 valence electrons. The van der Waals surface area contributed by atoms with Crippen LogP contribution in [0.4, 0.5) is 4.39 Å². The molecule has 0 aromatic heterocycles. The van der Waals surface area contributed by atoms with Gasteiger partial charge in [0, 0.05) is 38.2 Å². The van der Waals surface area contributed by atoms with Crippen LogP contribution >= 0.6 is 0 Å². The van der Waals surface area contributed by atoms with Gasteiger partial charge in [-0.2, -0.15) is 0 Å². The number of aliphatic hydroxyl groups is 1. The van der Waals surface area contributed by atoms with Gasteiger partial charge in [-0.25, -0.2) is 4.39 Å². The molecule has 2 rings (SSSR count). The van der Waals surface area contributed by atoms with Crippen LogP contribution in [-0.2, 0) is 11.3 Å². The number of hydrogen-bond donors (Lipinski definition) is 2. The minimum Gasteiger partial charge on any atom is -0.384 e. The maximum Gasteiger partial charge on any atom is 0.217 e. The van der Waals surface area contributed by atoms with Gasteiger partial charge >= 0.3 is 0 Å².